The molecule has 0 spiro atoms. The molecule has 1 heterocycles. The van der Waals surface area contributed by atoms with Crippen LogP contribution in [0.1, 0.15) is 59.8 Å². The van der Waals surface area contributed by atoms with Crippen molar-refractivity contribution in [2.75, 3.05) is 6.54 Å². The van der Waals surface area contributed by atoms with E-state index in [0.29, 0.717) is 11.8 Å². The Bertz CT molecular complexity index is 240. The van der Waals surface area contributed by atoms with E-state index in [2.05, 4.69) is 37.9 Å². The number of carbonyl (C=O) groups excluding carboxylic acids is 1. The van der Waals surface area contributed by atoms with Gasteiger partial charge < -0.3 is 4.90 Å². The quantitative estimate of drug-likeness (QED) is 0.694. The number of hydrogen-bond acceptors (Lipinski definition) is 2. The Labute approximate surface area is 106 Å². The highest BCUT2D eigenvalue weighted by molar-refractivity contribution is 5.84. The summed E-state index contributed by atoms with van der Waals surface area (Å²) in [5, 5.41) is 3.46. The molecule has 1 aliphatic rings. The maximum Gasteiger partial charge on any atom is 0.241 e. The van der Waals surface area contributed by atoms with Crippen LogP contribution in [0, 0.1) is 5.92 Å². The lowest BCUT2D eigenvalue weighted by molar-refractivity contribution is -0.130. The van der Waals surface area contributed by atoms with E-state index in [1.165, 1.54) is 19.3 Å². The summed E-state index contributed by atoms with van der Waals surface area (Å²) < 4.78 is 0. The first kappa shape index (κ1) is 14.5. The summed E-state index contributed by atoms with van der Waals surface area (Å²) in [7, 11) is 0. The standard InChI is InChI=1S/C14H28N2O/c1-5-7-8-9-10-16-13(11(3)4)15-12(6-2)14(16)17/h11-13,15H,5-10H2,1-4H3. The Morgan fingerprint density at radius 3 is 2.47 bits per heavy atom. The molecule has 2 atom stereocenters. The minimum Gasteiger partial charge on any atom is -0.326 e. The second-order valence-corrected chi connectivity index (χ2v) is 5.41. The van der Waals surface area contributed by atoms with Crippen molar-refractivity contribution in [2.45, 2.75) is 72.0 Å². The normalized spacial score (nSPS) is 25.0. The second kappa shape index (κ2) is 7.00. The Hall–Kier alpha value is -0.570. The van der Waals surface area contributed by atoms with Crippen LogP contribution in [0.15, 0.2) is 0 Å². The van der Waals surface area contributed by atoms with Crippen LogP contribution in [-0.2, 0) is 4.79 Å². The van der Waals surface area contributed by atoms with Crippen molar-refractivity contribution in [3.63, 3.8) is 0 Å². The van der Waals surface area contributed by atoms with Gasteiger partial charge in [0.25, 0.3) is 0 Å². The molecule has 1 amide bonds. The Morgan fingerprint density at radius 1 is 1.24 bits per heavy atom. The molecule has 1 fully saturated rings. The first-order chi connectivity index (χ1) is 8.11. The van der Waals surface area contributed by atoms with Gasteiger partial charge in [-0.25, -0.2) is 0 Å². The smallest absolute Gasteiger partial charge is 0.241 e. The molecule has 3 heteroatoms. The topological polar surface area (TPSA) is 32.3 Å². The van der Waals surface area contributed by atoms with E-state index in [1.807, 2.05) is 0 Å². The highest BCUT2D eigenvalue weighted by Gasteiger charge is 2.38. The molecule has 0 aromatic rings. The predicted molar refractivity (Wildman–Crippen MR) is 71.7 cm³/mol. The third kappa shape index (κ3) is 3.70. The molecule has 1 saturated heterocycles. The molecule has 0 aliphatic carbocycles. The molecule has 0 bridgehead atoms. The molecule has 100 valence electrons. The monoisotopic (exact) mass is 240 g/mol. The summed E-state index contributed by atoms with van der Waals surface area (Å²) >= 11 is 0. The summed E-state index contributed by atoms with van der Waals surface area (Å²) in [6.07, 6.45) is 6.04. The number of nitrogens with zero attached hydrogens (tertiary/aromatic N) is 1. The maximum atomic E-state index is 12.2. The van der Waals surface area contributed by atoms with Crippen molar-refractivity contribution >= 4 is 5.91 Å². The third-order valence-electron chi connectivity index (χ3n) is 3.58. The van der Waals surface area contributed by atoms with E-state index in [1.54, 1.807) is 0 Å². The molecule has 0 saturated carbocycles. The van der Waals surface area contributed by atoms with Gasteiger partial charge in [0.1, 0.15) is 0 Å². The van der Waals surface area contributed by atoms with E-state index in [9.17, 15) is 4.79 Å². The van der Waals surface area contributed by atoms with E-state index in [0.717, 1.165) is 19.4 Å². The van der Waals surface area contributed by atoms with E-state index >= 15 is 0 Å². The Balaban J connectivity index is 2.50. The van der Waals surface area contributed by atoms with Crippen molar-refractivity contribution in [1.82, 2.24) is 10.2 Å². The van der Waals surface area contributed by atoms with Gasteiger partial charge in [0, 0.05) is 6.54 Å². The van der Waals surface area contributed by atoms with Crippen LogP contribution in [-0.4, -0.2) is 29.6 Å². The molecule has 1 N–H and O–H groups in total. The summed E-state index contributed by atoms with van der Waals surface area (Å²) in [6, 6.07) is 0.0496. The second-order valence-electron chi connectivity index (χ2n) is 5.41. The van der Waals surface area contributed by atoms with Crippen LogP contribution in [0.4, 0.5) is 0 Å². The van der Waals surface area contributed by atoms with Crippen LogP contribution >= 0.6 is 0 Å². The van der Waals surface area contributed by atoms with Crippen molar-refractivity contribution in [2.24, 2.45) is 5.92 Å². The van der Waals surface area contributed by atoms with Crippen LogP contribution in [0.2, 0.25) is 0 Å². The molecule has 2 unspecified atom stereocenters. The molecule has 17 heavy (non-hydrogen) atoms. The zero-order valence-corrected chi connectivity index (χ0v) is 11.8. The van der Waals surface area contributed by atoms with Crippen molar-refractivity contribution in [3.05, 3.63) is 0 Å². The fraction of sp³-hybridized carbons (Fsp3) is 0.929. The van der Waals surface area contributed by atoms with Gasteiger partial charge in [-0.2, -0.15) is 0 Å². The number of carbonyl (C=O) groups is 1. The lowest BCUT2D eigenvalue weighted by Gasteiger charge is -2.27. The summed E-state index contributed by atoms with van der Waals surface area (Å²) in [4.78, 5) is 14.2. The first-order valence-corrected chi connectivity index (χ1v) is 7.18. The van der Waals surface area contributed by atoms with Gasteiger partial charge in [0.2, 0.25) is 5.91 Å². The van der Waals surface area contributed by atoms with Gasteiger partial charge in [0.15, 0.2) is 0 Å². The van der Waals surface area contributed by atoms with Gasteiger partial charge >= 0.3 is 0 Å². The van der Waals surface area contributed by atoms with Gasteiger partial charge in [-0.3, -0.25) is 10.1 Å². The van der Waals surface area contributed by atoms with Crippen LogP contribution in [0.25, 0.3) is 0 Å². The van der Waals surface area contributed by atoms with Crippen molar-refractivity contribution in [1.29, 1.82) is 0 Å². The molecule has 0 aromatic carbocycles. The van der Waals surface area contributed by atoms with E-state index in [-0.39, 0.29) is 12.2 Å². The molecule has 1 rings (SSSR count). The van der Waals surface area contributed by atoms with Crippen molar-refractivity contribution in [3.8, 4) is 0 Å². The van der Waals surface area contributed by atoms with Gasteiger partial charge in [-0.05, 0) is 18.8 Å². The van der Waals surface area contributed by atoms with Crippen molar-refractivity contribution < 1.29 is 4.79 Å². The number of nitrogens with one attached hydrogen (secondary N) is 1. The van der Waals surface area contributed by atoms with Crippen LogP contribution < -0.4 is 5.32 Å². The molecule has 3 nitrogen and oxygen atoms in total. The minimum absolute atomic E-state index is 0.0496. The Morgan fingerprint density at radius 2 is 1.94 bits per heavy atom. The number of rotatable bonds is 7. The summed E-state index contributed by atoms with van der Waals surface area (Å²) in [6.45, 7) is 9.58. The number of hydrogen-bond donors (Lipinski definition) is 1. The lowest BCUT2D eigenvalue weighted by Crippen LogP contribution is -2.41. The summed E-state index contributed by atoms with van der Waals surface area (Å²) in [5.74, 6) is 0.796. The predicted octanol–water partition coefficient (Wildman–Crippen LogP) is 2.76. The minimum atomic E-state index is 0.0496. The average Bonchev–Trinajstić information content (AvgIpc) is 2.62. The zero-order valence-electron chi connectivity index (χ0n) is 11.8. The van der Waals surface area contributed by atoms with E-state index in [4.69, 9.17) is 0 Å². The van der Waals surface area contributed by atoms with Gasteiger partial charge in [-0.1, -0.05) is 47.0 Å². The average molecular weight is 240 g/mol. The molecule has 0 aromatic heterocycles. The summed E-state index contributed by atoms with van der Waals surface area (Å²) in [5.41, 5.74) is 0. The Kier molecular flexibility index (Phi) is 5.96. The first-order valence-electron chi connectivity index (χ1n) is 7.18. The van der Waals surface area contributed by atoms with E-state index < -0.39 is 0 Å². The fourth-order valence-electron chi connectivity index (χ4n) is 2.51. The van der Waals surface area contributed by atoms with Crippen LogP contribution in [0.5, 0.6) is 0 Å². The largest absolute Gasteiger partial charge is 0.326 e. The number of amides is 1. The fourth-order valence-corrected chi connectivity index (χ4v) is 2.51. The zero-order chi connectivity index (χ0) is 12.8. The third-order valence-corrected chi connectivity index (χ3v) is 3.58. The molecular weight excluding hydrogens is 212 g/mol. The molecular formula is C14H28N2O. The molecule has 0 radical (unpaired) electrons. The van der Waals surface area contributed by atoms with Crippen LogP contribution in [0.3, 0.4) is 0 Å². The van der Waals surface area contributed by atoms with Gasteiger partial charge in [0.05, 0.1) is 12.2 Å². The molecule has 1 aliphatic heterocycles. The number of unbranched alkanes of at least 4 members (excludes halogenated alkanes) is 3. The lowest BCUT2D eigenvalue weighted by atomic mass is 10.1. The SMILES string of the molecule is CCCCCCN1C(=O)C(CC)NC1C(C)C. The maximum absolute atomic E-state index is 12.2. The highest BCUT2D eigenvalue weighted by atomic mass is 16.2. The highest BCUT2D eigenvalue weighted by Crippen LogP contribution is 2.20. The van der Waals surface area contributed by atoms with Gasteiger partial charge in [-0.15, -0.1) is 0 Å².